The molecule has 1 aliphatic carbocycles. The molecule has 0 spiro atoms. The van der Waals surface area contributed by atoms with Crippen molar-refractivity contribution in [3.63, 3.8) is 0 Å². The summed E-state index contributed by atoms with van der Waals surface area (Å²) in [5, 5.41) is 8.65. The standard InChI is InChI=1S/C14H14F3NO4/c1-18(7-12(19)20)13(21)10-6-9(10)8-4-2-3-5-11(8)22-14(15,16)17/h2-5,9-10H,6-7H2,1H3,(H,19,20)/t9-,10-/m0/s1. The molecule has 1 saturated carbocycles. The normalized spacial score (nSPS) is 20.4. The maximum Gasteiger partial charge on any atom is 0.573 e. The Kier molecular flexibility index (Phi) is 4.30. The summed E-state index contributed by atoms with van der Waals surface area (Å²) in [7, 11) is 1.35. The largest absolute Gasteiger partial charge is 0.573 e. The molecule has 8 heteroatoms. The van der Waals surface area contributed by atoms with Crippen molar-refractivity contribution < 1.29 is 32.6 Å². The predicted octanol–water partition coefficient (Wildman–Crippen LogP) is 2.23. The summed E-state index contributed by atoms with van der Waals surface area (Å²) in [5.41, 5.74) is 0.307. The second-order valence-corrected chi connectivity index (χ2v) is 5.12. The first kappa shape index (κ1) is 16.1. The molecule has 2 rings (SSSR count). The lowest BCUT2D eigenvalue weighted by molar-refractivity contribution is -0.274. The minimum Gasteiger partial charge on any atom is -0.480 e. The third-order valence-corrected chi connectivity index (χ3v) is 3.40. The number of carboxylic acids is 1. The monoisotopic (exact) mass is 317 g/mol. The highest BCUT2D eigenvalue weighted by molar-refractivity contribution is 5.86. The number of nitrogens with zero attached hydrogens (tertiary/aromatic N) is 1. The van der Waals surface area contributed by atoms with Gasteiger partial charge in [0.05, 0.1) is 0 Å². The van der Waals surface area contributed by atoms with E-state index >= 15 is 0 Å². The Morgan fingerprint density at radius 2 is 2.00 bits per heavy atom. The van der Waals surface area contributed by atoms with E-state index < -0.39 is 30.7 Å². The molecule has 22 heavy (non-hydrogen) atoms. The molecule has 0 saturated heterocycles. The third-order valence-electron chi connectivity index (χ3n) is 3.40. The van der Waals surface area contributed by atoms with Crippen LogP contribution in [-0.4, -0.2) is 41.8 Å². The van der Waals surface area contributed by atoms with Gasteiger partial charge >= 0.3 is 12.3 Å². The van der Waals surface area contributed by atoms with E-state index in [1.54, 1.807) is 6.07 Å². The molecular weight excluding hydrogens is 303 g/mol. The molecule has 1 aromatic rings. The first-order chi connectivity index (χ1) is 10.2. The van der Waals surface area contributed by atoms with Gasteiger partial charge in [0, 0.05) is 13.0 Å². The number of benzene rings is 1. The molecule has 1 amide bonds. The number of likely N-dealkylation sites (N-methyl/N-ethyl adjacent to an activating group) is 1. The minimum atomic E-state index is -4.80. The van der Waals surface area contributed by atoms with Gasteiger partial charge in [0.15, 0.2) is 0 Å². The number of alkyl halides is 3. The Balaban J connectivity index is 2.09. The van der Waals surface area contributed by atoms with Gasteiger partial charge in [-0.1, -0.05) is 18.2 Å². The van der Waals surface area contributed by atoms with Crippen molar-refractivity contribution in [2.75, 3.05) is 13.6 Å². The molecule has 0 unspecified atom stereocenters. The fourth-order valence-corrected chi connectivity index (χ4v) is 2.38. The highest BCUT2D eigenvalue weighted by Crippen LogP contribution is 2.51. The van der Waals surface area contributed by atoms with Crippen LogP contribution >= 0.6 is 0 Å². The lowest BCUT2D eigenvalue weighted by Crippen LogP contribution is -2.33. The van der Waals surface area contributed by atoms with Crippen LogP contribution in [0.2, 0.25) is 0 Å². The zero-order chi connectivity index (χ0) is 16.5. The zero-order valence-corrected chi connectivity index (χ0v) is 11.6. The van der Waals surface area contributed by atoms with Crippen molar-refractivity contribution in [1.82, 2.24) is 4.90 Å². The van der Waals surface area contributed by atoms with Crippen LogP contribution in [-0.2, 0) is 9.59 Å². The fourth-order valence-electron chi connectivity index (χ4n) is 2.38. The van der Waals surface area contributed by atoms with E-state index in [1.165, 1.54) is 25.2 Å². The van der Waals surface area contributed by atoms with Crippen LogP contribution in [0.25, 0.3) is 0 Å². The topological polar surface area (TPSA) is 66.8 Å². The van der Waals surface area contributed by atoms with Crippen LogP contribution in [0.4, 0.5) is 13.2 Å². The highest BCUT2D eigenvalue weighted by atomic mass is 19.4. The molecule has 120 valence electrons. The van der Waals surface area contributed by atoms with Crippen molar-refractivity contribution in [3.05, 3.63) is 29.8 Å². The van der Waals surface area contributed by atoms with Crippen molar-refractivity contribution >= 4 is 11.9 Å². The van der Waals surface area contributed by atoms with E-state index in [0.717, 1.165) is 4.90 Å². The van der Waals surface area contributed by atoms with Crippen LogP contribution in [0, 0.1) is 5.92 Å². The van der Waals surface area contributed by atoms with Crippen LogP contribution in [0.15, 0.2) is 24.3 Å². The second kappa shape index (κ2) is 5.86. The van der Waals surface area contributed by atoms with Gasteiger partial charge in [-0.05, 0) is 24.0 Å². The summed E-state index contributed by atoms with van der Waals surface area (Å²) < 4.78 is 41.1. The summed E-state index contributed by atoms with van der Waals surface area (Å²) in [5.74, 6) is -2.76. The van der Waals surface area contributed by atoms with Crippen LogP contribution in [0.5, 0.6) is 5.75 Å². The van der Waals surface area contributed by atoms with Gasteiger partial charge in [0.1, 0.15) is 12.3 Å². The lowest BCUT2D eigenvalue weighted by atomic mass is 10.1. The summed E-state index contributed by atoms with van der Waals surface area (Å²) in [6.07, 6.45) is -4.42. The summed E-state index contributed by atoms with van der Waals surface area (Å²) >= 11 is 0. The summed E-state index contributed by atoms with van der Waals surface area (Å²) in [6, 6.07) is 5.67. The molecule has 0 bridgehead atoms. The number of hydrogen-bond donors (Lipinski definition) is 1. The van der Waals surface area contributed by atoms with Crippen LogP contribution in [0.3, 0.4) is 0 Å². The lowest BCUT2D eigenvalue weighted by Gasteiger charge is -2.15. The summed E-state index contributed by atoms with van der Waals surface area (Å²) in [4.78, 5) is 23.7. The number of hydrogen-bond acceptors (Lipinski definition) is 3. The van der Waals surface area contributed by atoms with E-state index in [4.69, 9.17) is 5.11 Å². The molecule has 1 fully saturated rings. The number of carboxylic acid groups (broad SMARTS) is 1. The SMILES string of the molecule is CN(CC(=O)O)C(=O)[C@H]1C[C@H]1c1ccccc1OC(F)(F)F. The number of rotatable bonds is 5. The second-order valence-electron chi connectivity index (χ2n) is 5.12. The number of aliphatic carboxylic acids is 1. The third kappa shape index (κ3) is 3.90. The Bertz CT molecular complexity index is 588. The number of para-hydroxylation sites is 1. The quantitative estimate of drug-likeness (QED) is 0.904. The van der Waals surface area contributed by atoms with E-state index in [0.29, 0.717) is 12.0 Å². The molecule has 0 radical (unpaired) electrons. The van der Waals surface area contributed by atoms with E-state index in [9.17, 15) is 22.8 Å². The van der Waals surface area contributed by atoms with Gasteiger partial charge in [0.2, 0.25) is 5.91 Å². The first-order valence-corrected chi connectivity index (χ1v) is 6.50. The van der Waals surface area contributed by atoms with E-state index in [1.807, 2.05) is 0 Å². The summed E-state index contributed by atoms with van der Waals surface area (Å²) in [6.45, 7) is -0.442. The van der Waals surface area contributed by atoms with Crippen LogP contribution in [0.1, 0.15) is 17.9 Å². The highest BCUT2D eigenvalue weighted by Gasteiger charge is 2.47. The van der Waals surface area contributed by atoms with Gasteiger partial charge in [0.25, 0.3) is 0 Å². The fraction of sp³-hybridized carbons (Fsp3) is 0.429. The van der Waals surface area contributed by atoms with Gasteiger partial charge in [-0.2, -0.15) is 0 Å². The molecule has 1 aliphatic rings. The van der Waals surface area contributed by atoms with Gasteiger partial charge in [-0.3, -0.25) is 9.59 Å². The van der Waals surface area contributed by atoms with Gasteiger partial charge in [-0.15, -0.1) is 13.2 Å². The predicted molar refractivity (Wildman–Crippen MR) is 69.2 cm³/mol. The van der Waals surface area contributed by atoms with Crippen molar-refractivity contribution in [2.24, 2.45) is 5.92 Å². The molecular formula is C14H14F3NO4. The molecule has 5 nitrogen and oxygen atoms in total. The maximum absolute atomic E-state index is 12.4. The van der Waals surface area contributed by atoms with Crippen molar-refractivity contribution in [1.29, 1.82) is 0 Å². The number of amides is 1. The smallest absolute Gasteiger partial charge is 0.480 e. The minimum absolute atomic E-state index is 0.307. The van der Waals surface area contributed by atoms with Crippen molar-refractivity contribution in [2.45, 2.75) is 18.7 Å². The number of ether oxygens (including phenoxy) is 1. The molecule has 1 aromatic carbocycles. The molecule has 0 heterocycles. The number of carbonyl (C=O) groups excluding carboxylic acids is 1. The van der Waals surface area contributed by atoms with E-state index in [2.05, 4.69) is 4.74 Å². The Labute approximate surface area is 124 Å². The van der Waals surface area contributed by atoms with Crippen LogP contribution < -0.4 is 4.74 Å². The molecule has 0 aliphatic heterocycles. The van der Waals surface area contributed by atoms with E-state index in [-0.39, 0.29) is 11.7 Å². The number of carbonyl (C=O) groups is 2. The molecule has 0 aromatic heterocycles. The zero-order valence-electron chi connectivity index (χ0n) is 11.6. The van der Waals surface area contributed by atoms with Gasteiger partial charge in [-0.25, -0.2) is 0 Å². The maximum atomic E-state index is 12.4. The molecule has 2 atom stereocenters. The van der Waals surface area contributed by atoms with Gasteiger partial charge < -0.3 is 14.7 Å². The Morgan fingerprint density at radius 3 is 2.59 bits per heavy atom. The average Bonchev–Trinajstić information content (AvgIpc) is 3.15. The average molecular weight is 317 g/mol. The Morgan fingerprint density at radius 1 is 1.36 bits per heavy atom. The Hall–Kier alpha value is -2.25. The first-order valence-electron chi connectivity index (χ1n) is 6.50. The number of halogens is 3. The van der Waals surface area contributed by atoms with Crippen molar-refractivity contribution in [3.8, 4) is 5.75 Å². The molecule has 1 N–H and O–H groups in total.